The van der Waals surface area contributed by atoms with Crippen molar-refractivity contribution >= 4 is 41.7 Å². The van der Waals surface area contributed by atoms with E-state index < -0.39 is 25.8 Å². The van der Waals surface area contributed by atoms with Crippen LogP contribution in [0.2, 0.25) is 0 Å². The second-order valence-electron chi connectivity index (χ2n) is 5.82. The summed E-state index contributed by atoms with van der Waals surface area (Å²) in [5.41, 5.74) is 0. The summed E-state index contributed by atoms with van der Waals surface area (Å²) in [6, 6.07) is 32.3. The molecule has 0 aliphatic heterocycles. The van der Waals surface area contributed by atoms with Gasteiger partial charge in [0.2, 0.25) is 0 Å². The first-order valence-electron chi connectivity index (χ1n) is 9.13. The van der Waals surface area contributed by atoms with Crippen LogP contribution < -0.4 is 31.2 Å². The third-order valence-corrected chi connectivity index (χ3v) is 5.49. The molecule has 0 fully saturated rings. The van der Waals surface area contributed by atoms with Gasteiger partial charge in [-0.1, -0.05) is 91.0 Å². The van der Waals surface area contributed by atoms with Crippen LogP contribution in [0.1, 0.15) is 20.8 Å². The van der Waals surface area contributed by atoms with Gasteiger partial charge in [0.05, 0.1) is 0 Å². The van der Waals surface area contributed by atoms with Crippen LogP contribution in [0.3, 0.4) is 0 Å². The van der Waals surface area contributed by atoms with Gasteiger partial charge in [-0.15, -0.1) is 0 Å². The molecule has 32 heavy (non-hydrogen) atoms. The number of hydrogen-bond acceptors (Lipinski definition) is 6. The summed E-state index contributed by atoms with van der Waals surface area (Å²) in [6.07, 6.45) is 0. The topological polar surface area (TPSA) is 120 Å². The SMILES string of the molecule is CC(=O)[O-].CC(=O)[O-].CC(=O)[O-].[Ru+3].c1ccc(P(c2ccccc2)c2ccccc2)cc1. The zero-order valence-electron chi connectivity index (χ0n) is 17.9. The van der Waals surface area contributed by atoms with Crippen LogP contribution in [-0.2, 0) is 33.9 Å². The van der Waals surface area contributed by atoms with Crippen molar-refractivity contribution in [1.82, 2.24) is 0 Å². The minimum atomic E-state index is -1.08. The second kappa shape index (κ2) is 18.9. The number of aliphatic carboxylic acids is 3. The van der Waals surface area contributed by atoms with Crippen LogP contribution in [0, 0.1) is 0 Å². The van der Waals surface area contributed by atoms with Crippen LogP contribution in [0.25, 0.3) is 0 Å². The third kappa shape index (κ3) is 16.9. The minimum Gasteiger partial charge on any atom is -0.550 e. The number of hydrogen-bond donors (Lipinski definition) is 0. The molecule has 0 bridgehead atoms. The molecule has 0 aliphatic carbocycles. The molecule has 0 N–H and O–H groups in total. The zero-order chi connectivity index (χ0) is 23.6. The van der Waals surface area contributed by atoms with E-state index in [-0.39, 0.29) is 19.5 Å². The summed E-state index contributed by atoms with van der Waals surface area (Å²) >= 11 is 0. The number of benzene rings is 3. The maximum absolute atomic E-state index is 8.89. The van der Waals surface area contributed by atoms with E-state index in [9.17, 15) is 0 Å². The average Bonchev–Trinajstić information content (AvgIpc) is 2.69. The van der Waals surface area contributed by atoms with Gasteiger partial charge in [0.25, 0.3) is 0 Å². The molecule has 0 amide bonds. The molecular weight excluding hydrogens is 516 g/mol. The van der Waals surface area contributed by atoms with Crippen molar-refractivity contribution in [3.63, 3.8) is 0 Å². The minimum absolute atomic E-state index is 0. The van der Waals surface area contributed by atoms with Crippen LogP contribution in [0.4, 0.5) is 0 Å². The Hall–Kier alpha value is -2.88. The average molecular weight is 540 g/mol. The molecule has 0 heterocycles. The molecule has 0 aliphatic rings. The molecule has 0 unspecified atom stereocenters. The van der Waals surface area contributed by atoms with Crippen molar-refractivity contribution in [2.45, 2.75) is 20.8 Å². The molecular formula is C24H24O6PRu. The first-order valence-corrected chi connectivity index (χ1v) is 10.5. The zero-order valence-corrected chi connectivity index (χ0v) is 20.5. The molecule has 8 heteroatoms. The molecule has 0 atom stereocenters. The number of carbonyl (C=O) groups is 3. The Labute approximate surface area is 202 Å². The quantitative estimate of drug-likeness (QED) is 0.333. The van der Waals surface area contributed by atoms with E-state index in [1.165, 1.54) is 15.9 Å². The maximum Gasteiger partial charge on any atom is 3.00 e. The van der Waals surface area contributed by atoms with Crippen LogP contribution in [0.5, 0.6) is 0 Å². The van der Waals surface area contributed by atoms with Crippen molar-refractivity contribution < 1.29 is 49.2 Å². The van der Waals surface area contributed by atoms with Crippen LogP contribution >= 0.6 is 7.92 Å². The van der Waals surface area contributed by atoms with Crippen LogP contribution in [0.15, 0.2) is 91.0 Å². The van der Waals surface area contributed by atoms with Crippen molar-refractivity contribution in [3.05, 3.63) is 91.0 Å². The van der Waals surface area contributed by atoms with Gasteiger partial charge in [-0.3, -0.25) is 0 Å². The smallest absolute Gasteiger partial charge is 0.550 e. The predicted molar refractivity (Wildman–Crippen MR) is 117 cm³/mol. The van der Waals surface area contributed by atoms with E-state index in [1.807, 2.05) is 0 Å². The molecule has 6 nitrogen and oxygen atoms in total. The number of carboxylic acids is 3. The Morgan fingerprint density at radius 1 is 0.500 bits per heavy atom. The maximum atomic E-state index is 8.89. The Balaban J connectivity index is 0. The van der Waals surface area contributed by atoms with E-state index in [0.717, 1.165) is 20.8 Å². The van der Waals surface area contributed by atoms with Gasteiger partial charge in [0.1, 0.15) is 0 Å². The molecule has 0 saturated heterocycles. The molecule has 1 radical (unpaired) electrons. The molecule has 0 aromatic heterocycles. The molecule has 0 spiro atoms. The van der Waals surface area contributed by atoms with Crippen molar-refractivity contribution in [3.8, 4) is 0 Å². The van der Waals surface area contributed by atoms with Crippen molar-refractivity contribution in [2.24, 2.45) is 0 Å². The normalized spacial score (nSPS) is 8.62. The largest absolute Gasteiger partial charge is 3.00 e. The first-order chi connectivity index (χ1) is 14.6. The van der Waals surface area contributed by atoms with Gasteiger partial charge in [-0.25, -0.2) is 0 Å². The fraction of sp³-hybridized carbons (Fsp3) is 0.125. The van der Waals surface area contributed by atoms with Crippen molar-refractivity contribution in [2.75, 3.05) is 0 Å². The summed E-state index contributed by atoms with van der Waals surface area (Å²) in [5.74, 6) is -3.25. The van der Waals surface area contributed by atoms with Crippen LogP contribution in [-0.4, -0.2) is 17.9 Å². The van der Waals surface area contributed by atoms with Gasteiger partial charge >= 0.3 is 19.5 Å². The molecule has 3 aromatic carbocycles. The van der Waals surface area contributed by atoms with E-state index in [2.05, 4.69) is 91.0 Å². The summed E-state index contributed by atoms with van der Waals surface area (Å²) in [6.45, 7) is 2.92. The Morgan fingerprint density at radius 3 is 0.812 bits per heavy atom. The Kier molecular flexibility index (Phi) is 18.5. The molecule has 3 rings (SSSR count). The number of carbonyl (C=O) groups excluding carboxylic acids is 3. The Bertz CT molecular complexity index is 771. The second-order valence-corrected chi connectivity index (χ2v) is 8.04. The van der Waals surface area contributed by atoms with E-state index in [0.29, 0.717) is 0 Å². The molecule has 3 aromatic rings. The summed E-state index contributed by atoms with van der Waals surface area (Å²) in [7, 11) is -0.446. The standard InChI is InChI=1S/C18H15P.3C2H4O2.Ru/c1-4-10-16(11-5-1)19(17-12-6-2-7-13-17)18-14-8-3-9-15-18;3*1-2(3)4;/h1-15H;3*1H3,(H,3,4);/q;;;;+3/p-3. The molecule has 169 valence electrons. The third-order valence-electron chi connectivity index (χ3n) is 3.04. The fourth-order valence-corrected chi connectivity index (χ4v) is 4.48. The van der Waals surface area contributed by atoms with E-state index in [1.54, 1.807) is 0 Å². The van der Waals surface area contributed by atoms with Gasteiger partial charge in [0, 0.05) is 17.9 Å². The van der Waals surface area contributed by atoms with Gasteiger partial charge < -0.3 is 29.7 Å². The van der Waals surface area contributed by atoms with Gasteiger partial charge in [-0.2, -0.15) is 0 Å². The number of carboxylic acid groups (broad SMARTS) is 3. The summed E-state index contributed by atoms with van der Waals surface area (Å²) in [5, 5.41) is 30.9. The number of rotatable bonds is 3. The fourth-order valence-electron chi connectivity index (χ4n) is 2.18. The van der Waals surface area contributed by atoms with Gasteiger partial charge in [0.15, 0.2) is 0 Å². The monoisotopic (exact) mass is 541 g/mol. The Morgan fingerprint density at radius 2 is 0.656 bits per heavy atom. The first kappa shape index (κ1) is 31.3. The predicted octanol–water partition coefficient (Wildman–Crippen LogP) is -0.289. The summed E-state index contributed by atoms with van der Waals surface area (Å²) < 4.78 is 0. The molecule has 0 saturated carbocycles. The summed E-state index contributed by atoms with van der Waals surface area (Å²) in [4.78, 5) is 26.7. The van der Waals surface area contributed by atoms with E-state index in [4.69, 9.17) is 29.7 Å². The van der Waals surface area contributed by atoms with E-state index >= 15 is 0 Å². The van der Waals surface area contributed by atoms with Gasteiger partial charge in [-0.05, 0) is 44.6 Å². The van der Waals surface area contributed by atoms with Crippen molar-refractivity contribution in [1.29, 1.82) is 0 Å².